The molecule has 2 aromatic carbocycles. The zero-order chi connectivity index (χ0) is 14.2. The summed E-state index contributed by atoms with van der Waals surface area (Å²) in [7, 11) is 0. The van der Waals surface area contributed by atoms with Crippen molar-refractivity contribution >= 4 is 11.6 Å². The summed E-state index contributed by atoms with van der Waals surface area (Å²) in [4.78, 5) is 0. The molecule has 0 spiro atoms. The SMILES string of the molecule is Cc1cc(C(O)c2ccc(Cl)c(F)c2)c(F)cc1F. The molecule has 0 fully saturated rings. The van der Waals surface area contributed by atoms with Gasteiger partial charge >= 0.3 is 0 Å². The number of aliphatic hydroxyl groups excluding tert-OH is 1. The van der Waals surface area contributed by atoms with Gasteiger partial charge in [0, 0.05) is 11.6 Å². The molecule has 0 amide bonds. The van der Waals surface area contributed by atoms with Crippen LogP contribution in [0, 0.1) is 24.4 Å². The lowest BCUT2D eigenvalue weighted by molar-refractivity contribution is 0.214. The molecule has 0 bridgehead atoms. The summed E-state index contributed by atoms with van der Waals surface area (Å²) in [6.07, 6.45) is -1.38. The van der Waals surface area contributed by atoms with Crippen LogP contribution in [0.1, 0.15) is 22.8 Å². The molecule has 0 saturated carbocycles. The first-order valence-corrected chi connectivity index (χ1v) is 5.86. The lowest BCUT2D eigenvalue weighted by Crippen LogP contribution is -2.04. The Morgan fingerprint density at radius 1 is 1.00 bits per heavy atom. The van der Waals surface area contributed by atoms with E-state index in [1.807, 2.05) is 0 Å². The number of aliphatic hydroxyl groups is 1. The molecule has 19 heavy (non-hydrogen) atoms. The molecule has 0 radical (unpaired) electrons. The Balaban J connectivity index is 2.46. The van der Waals surface area contributed by atoms with Gasteiger partial charge in [0.15, 0.2) is 0 Å². The normalized spacial score (nSPS) is 12.5. The Labute approximate surface area is 113 Å². The Bertz CT molecular complexity index is 628. The molecule has 0 aliphatic carbocycles. The van der Waals surface area contributed by atoms with Crippen LogP contribution in [0.3, 0.4) is 0 Å². The summed E-state index contributed by atoms with van der Waals surface area (Å²) in [5.74, 6) is -2.29. The van der Waals surface area contributed by atoms with Gasteiger partial charge in [-0.3, -0.25) is 0 Å². The van der Waals surface area contributed by atoms with Crippen molar-refractivity contribution in [3.05, 3.63) is 69.5 Å². The highest BCUT2D eigenvalue weighted by atomic mass is 35.5. The second kappa shape index (κ2) is 5.23. The number of hydrogen-bond acceptors (Lipinski definition) is 1. The van der Waals surface area contributed by atoms with Gasteiger partial charge in [0.05, 0.1) is 5.02 Å². The molecule has 1 nitrogen and oxygen atoms in total. The van der Waals surface area contributed by atoms with Crippen molar-refractivity contribution in [1.82, 2.24) is 0 Å². The molecule has 1 atom stereocenters. The lowest BCUT2D eigenvalue weighted by Gasteiger charge is -2.14. The van der Waals surface area contributed by atoms with Gasteiger partial charge in [-0.05, 0) is 36.2 Å². The summed E-state index contributed by atoms with van der Waals surface area (Å²) >= 11 is 5.53. The van der Waals surface area contributed by atoms with Crippen molar-refractivity contribution in [1.29, 1.82) is 0 Å². The Hall–Kier alpha value is -1.52. The molecular formula is C14H10ClF3O. The van der Waals surface area contributed by atoms with Crippen molar-refractivity contribution in [3.63, 3.8) is 0 Å². The third-order valence-corrected chi connectivity index (χ3v) is 3.14. The average Bonchev–Trinajstić information content (AvgIpc) is 2.36. The maximum absolute atomic E-state index is 13.6. The minimum atomic E-state index is -1.38. The average molecular weight is 287 g/mol. The van der Waals surface area contributed by atoms with Crippen LogP contribution in [0.15, 0.2) is 30.3 Å². The van der Waals surface area contributed by atoms with Crippen molar-refractivity contribution < 1.29 is 18.3 Å². The van der Waals surface area contributed by atoms with Gasteiger partial charge in [0.2, 0.25) is 0 Å². The summed E-state index contributed by atoms with van der Waals surface area (Å²) in [5.41, 5.74) is 0.234. The van der Waals surface area contributed by atoms with E-state index in [-0.39, 0.29) is 21.7 Å². The number of aryl methyl sites for hydroxylation is 1. The smallest absolute Gasteiger partial charge is 0.142 e. The van der Waals surface area contributed by atoms with Gasteiger partial charge < -0.3 is 5.11 Å². The van der Waals surface area contributed by atoms with Gasteiger partial charge in [-0.15, -0.1) is 0 Å². The van der Waals surface area contributed by atoms with Crippen molar-refractivity contribution in [2.75, 3.05) is 0 Å². The summed E-state index contributed by atoms with van der Waals surface area (Å²) in [6.45, 7) is 1.45. The summed E-state index contributed by atoms with van der Waals surface area (Å²) in [5, 5.41) is 9.94. The molecule has 0 saturated heterocycles. The maximum Gasteiger partial charge on any atom is 0.142 e. The Kier molecular flexibility index (Phi) is 3.83. The zero-order valence-electron chi connectivity index (χ0n) is 9.92. The van der Waals surface area contributed by atoms with E-state index in [1.165, 1.54) is 25.1 Å². The molecule has 0 aromatic heterocycles. The standard InChI is InChI=1S/C14H10ClF3O/c1-7-4-9(12(17)6-11(7)16)14(19)8-2-3-10(15)13(18)5-8/h2-6,14,19H,1H3. The predicted octanol–water partition coefficient (Wildman–Crippen LogP) is 4.15. The van der Waals surface area contributed by atoms with Gasteiger partial charge in [-0.1, -0.05) is 17.7 Å². The number of hydrogen-bond donors (Lipinski definition) is 1. The first kappa shape index (κ1) is 13.9. The first-order valence-electron chi connectivity index (χ1n) is 5.48. The number of halogens is 4. The third-order valence-electron chi connectivity index (χ3n) is 2.83. The monoisotopic (exact) mass is 286 g/mol. The van der Waals surface area contributed by atoms with Crippen molar-refractivity contribution in [3.8, 4) is 0 Å². The van der Waals surface area contributed by atoms with E-state index in [9.17, 15) is 18.3 Å². The molecule has 0 heterocycles. The highest BCUT2D eigenvalue weighted by Gasteiger charge is 2.18. The largest absolute Gasteiger partial charge is 0.384 e. The van der Waals surface area contributed by atoms with Gasteiger partial charge in [0.25, 0.3) is 0 Å². The van der Waals surface area contributed by atoms with Gasteiger partial charge in [-0.25, -0.2) is 13.2 Å². The Morgan fingerprint density at radius 2 is 1.68 bits per heavy atom. The van der Waals surface area contributed by atoms with Crippen LogP contribution < -0.4 is 0 Å². The minimum Gasteiger partial charge on any atom is -0.384 e. The molecule has 2 rings (SSSR count). The third kappa shape index (κ3) is 2.74. The number of rotatable bonds is 2. The van der Waals surface area contributed by atoms with Crippen LogP contribution in [0.4, 0.5) is 13.2 Å². The molecule has 0 aliphatic heterocycles. The van der Waals surface area contributed by atoms with E-state index in [4.69, 9.17) is 11.6 Å². The molecule has 5 heteroatoms. The zero-order valence-corrected chi connectivity index (χ0v) is 10.7. The summed E-state index contributed by atoms with van der Waals surface area (Å²) in [6, 6.07) is 5.56. The highest BCUT2D eigenvalue weighted by molar-refractivity contribution is 6.30. The van der Waals surface area contributed by atoms with Crippen molar-refractivity contribution in [2.45, 2.75) is 13.0 Å². The Morgan fingerprint density at radius 3 is 2.32 bits per heavy atom. The topological polar surface area (TPSA) is 20.2 Å². The van der Waals surface area contributed by atoms with Crippen LogP contribution in [0.5, 0.6) is 0 Å². The van der Waals surface area contributed by atoms with E-state index in [0.29, 0.717) is 6.07 Å². The second-order valence-electron chi connectivity index (χ2n) is 4.20. The highest BCUT2D eigenvalue weighted by Crippen LogP contribution is 2.28. The minimum absolute atomic E-state index is 0.0910. The number of benzene rings is 2. The molecule has 0 aliphatic rings. The maximum atomic E-state index is 13.6. The van der Waals surface area contributed by atoms with E-state index < -0.39 is 23.6 Å². The molecule has 100 valence electrons. The molecular weight excluding hydrogens is 277 g/mol. The quantitative estimate of drug-likeness (QED) is 0.879. The van der Waals surface area contributed by atoms with Crippen LogP contribution in [0.2, 0.25) is 5.02 Å². The fourth-order valence-electron chi connectivity index (χ4n) is 1.75. The first-order chi connectivity index (χ1) is 8.90. The molecule has 2 aromatic rings. The molecule has 1 unspecified atom stereocenters. The predicted molar refractivity (Wildman–Crippen MR) is 66.6 cm³/mol. The van der Waals surface area contributed by atoms with E-state index in [2.05, 4.69) is 0 Å². The summed E-state index contributed by atoms with van der Waals surface area (Å²) < 4.78 is 40.1. The second-order valence-corrected chi connectivity index (χ2v) is 4.61. The van der Waals surface area contributed by atoms with E-state index in [1.54, 1.807) is 0 Å². The fourth-order valence-corrected chi connectivity index (χ4v) is 1.87. The van der Waals surface area contributed by atoms with Gasteiger partial charge in [-0.2, -0.15) is 0 Å². The molecule has 1 N–H and O–H groups in total. The van der Waals surface area contributed by atoms with Crippen LogP contribution in [-0.4, -0.2) is 5.11 Å². The lowest BCUT2D eigenvalue weighted by atomic mass is 9.99. The fraction of sp³-hybridized carbons (Fsp3) is 0.143. The van der Waals surface area contributed by atoms with Gasteiger partial charge in [0.1, 0.15) is 23.6 Å². The van der Waals surface area contributed by atoms with Crippen molar-refractivity contribution in [2.24, 2.45) is 0 Å². The van der Waals surface area contributed by atoms with E-state index >= 15 is 0 Å². The van der Waals surface area contributed by atoms with Crippen LogP contribution in [-0.2, 0) is 0 Å². The van der Waals surface area contributed by atoms with Crippen LogP contribution in [0.25, 0.3) is 0 Å². The van der Waals surface area contributed by atoms with E-state index in [0.717, 1.165) is 6.07 Å². The van der Waals surface area contributed by atoms with Crippen LogP contribution >= 0.6 is 11.6 Å².